The summed E-state index contributed by atoms with van der Waals surface area (Å²) in [6.07, 6.45) is -0.724. The van der Waals surface area contributed by atoms with E-state index in [0.29, 0.717) is 16.5 Å². The van der Waals surface area contributed by atoms with Gasteiger partial charge >= 0.3 is 0 Å². The normalized spacial score (nSPS) is 11.8. The van der Waals surface area contributed by atoms with Crippen LogP contribution < -0.4 is 19.5 Å². The van der Waals surface area contributed by atoms with Crippen LogP contribution in [-0.2, 0) is 4.79 Å². The molecule has 0 aliphatic rings. The first-order chi connectivity index (χ1) is 14.6. The molecule has 0 saturated carbocycles. The van der Waals surface area contributed by atoms with Crippen molar-refractivity contribution in [3.05, 3.63) is 53.9 Å². The number of carbonyl (C=O) groups excluding carboxylic acids is 1. The number of benzene rings is 2. The summed E-state index contributed by atoms with van der Waals surface area (Å²) in [5.41, 5.74) is 1.81. The Morgan fingerprint density at radius 1 is 1.07 bits per heavy atom. The monoisotopic (exact) mass is 424 g/mol. The topological polar surface area (TPSA) is 87.0 Å². The molecule has 0 bridgehead atoms. The highest BCUT2D eigenvalue weighted by Gasteiger charge is 2.19. The molecule has 0 aliphatic heterocycles. The molecule has 8 nitrogen and oxygen atoms in total. The molecule has 4 aromatic rings. The molecule has 4 rings (SSSR count). The number of aromatic nitrogens is 3. The summed E-state index contributed by atoms with van der Waals surface area (Å²) in [7, 11) is 3.22. The van der Waals surface area contributed by atoms with E-state index < -0.39 is 6.10 Å². The van der Waals surface area contributed by atoms with Gasteiger partial charge in [-0.05, 0) is 43.3 Å². The highest BCUT2D eigenvalue weighted by molar-refractivity contribution is 7.15. The van der Waals surface area contributed by atoms with Gasteiger partial charge in [-0.15, -0.1) is 16.4 Å². The van der Waals surface area contributed by atoms with Gasteiger partial charge in [0.15, 0.2) is 6.10 Å². The van der Waals surface area contributed by atoms with Gasteiger partial charge in [0.2, 0.25) is 4.96 Å². The van der Waals surface area contributed by atoms with Crippen LogP contribution in [0.5, 0.6) is 17.2 Å². The molecule has 2 heterocycles. The van der Waals surface area contributed by atoms with E-state index in [2.05, 4.69) is 15.4 Å². The van der Waals surface area contributed by atoms with E-state index in [9.17, 15) is 4.79 Å². The van der Waals surface area contributed by atoms with Crippen LogP contribution in [0.15, 0.2) is 53.9 Å². The SMILES string of the molecule is COc1ccc(OC(C)C(=O)Nc2nc3scc(-c4cccc(OC)c4)n3n2)cc1. The first kappa shape index (κ1) is 19.7. The maximum Gasteiger partial charge on any atom is 0.267 e. The van der Waals surface area contributed by atoms with E-state index >= 15 is 0 Å². The Kier molecular flexibility index (Phi) is 5.53. The molecule has 0 fully saturated rings. The molecule has 1 atom stereocenters. The first-order valence-corrected chi connectivity index (χ1v) is 10.1. The second-order valence-electron chi connectivity index (χ2n) is 6.41. The number of anilines is 1. The number of thiazole rings is 1. The largest absolute Gasteiger partial charge is 0.497 e. The molecule has 2 aromatic carbocycles. The minimum atomic E-state index is -0.724. The van der Waals surface area contributed by atoms with Crippen molar-refractivity contribution in [2.45, 2.75) is 13.0 Å². The van der Waals surface area contributed by atoms with Gasteiger partial charge in [0, 0.05) is 10.9 Å². The lowest BCUT2D eigenvalue weighted by molar-refractivity contribution is -0.122. The minimum Gasteiger partial charge on any atom is -0.497 e. The molecule has 1 N–H and O–H groups in total. The van der Waals surface area contributed by atoms with Crippen LogP contribution in [0.3, 0.4) is 0 Å². The predicted molar refractivity (Wildman–Crippen MR) is 115 cm³/mol. The van der Waals surface area contributed by atoms with Crippen molar-refractivity contribution in [1.82, 2.24) is 14.6 Å². The van der Waals surface area contributed by atoms with Crippen molar-refractivity contribution in [3.8, 4) is 28.5 Å². The van der Waals surface area contributed by atoms with Crippen LogP contribution in [0.2, 0.25) is 0 Å². The Morgan fingerprint density at radius 3 is 2.53 bits per heavy atom. The van der Waals surface area contributed by atoms with E-state index in [1.807, 2.05) is 29.6 Å². The number of nitrogens with zero attached hydrogens (tertiary/aromatic N) is 3. The summed E-state index contributed by atoms with van der Waals surface area (Å²) >= 11 is 1.44. The number of hydrogen-bond acceptors (Lipinski definition) is 7. The second-order valence-corrected chi connectivity index (χ2v) is 7.24. The van der Waals surface area contributed by atoms with Crippen molar-refractivity contribution in [2.24, 2.45) is 0 Å². The van der Waals surface area contributed by atoms with Gasteiger partial charge in [0.1, 0.15) is 17.2 Å². The number of ether oxygens (including phenoxy) is 3. The zero-order valence-corrected chi connectivity index (χ0v) is 17.5. The zero-order chi connectivity index (χ0) is 21.1. The predicted octanol–water partition coefficient (Wildman–Crippen LogP) is 3.88. The van der Waals surface area contributed by atoms with Gasteiger partial charge in [-0.3, -0.25) is 10.1 Å². The van der Waals surface area contributed by atoms with Gasteiger partial charge in [-0.25, -0.2) is 4.52 Å². The lowest BCUT2D eigenvalue weighted by Crippen LogP contribution is -2.30. The molecule has 154 valence electrons. The lowest BCUT2D eigenvalue weighted by Gasteiger charge is -2.13. The first-order valence-electron chi connectivity index (χ1n) is 9.17. The standard InChI is InChI=1S/C21H20N4O4S/c1-13(29-16-9-7-15(27-2)8-10-16)19(26)22-20-23-21-25(24-20)18(12-30-21)14-5-4-6-17(11-14)28-3/h4-13H,1-3H3,(H,22,24,26). The van der Waals surface area contributed by atoms with Gasteiger partial charge in [-0.1, -0.05) is 12.1 Å². The third-order valence-corrected chi connectivity index (χ3v) is 5.24. The molecule has 0 spiro atoms. The van der Waals surface area contributed by atoms with Crippen molar-refractivity contribution >= 4 is 28.2 Å². The maximum atomic E-state index is 12.5. The van der Waals surface area contributed by atoms with Crippen LogP contribution in [-0.4, -0.2) is 40.8 Å². The van der Waals surface area contributed by atoms with E-state index in [1.165, 1.54) is 11.3 Å². The van der Waals surface area contributed by atoms with Crippen molar-refractivity contribution in [3.63, 3.8) is 0 Å². The average Bonchev–Trinajstić information content (AvgIpc) is 3.34. The number of amides is 1. The summed E-state index contributed by atoms with van der Waals surface area (Å²) in [6.45, 7) is 1.67. The van der Waals surface area contributed by atoms with Crippen LogP contribution >= 0.6 is 11.3 Å². The molecule has 2 aromatic heterocycles. The summed E-state index contributed by atoms with van der Waals surface area (Å²) in [6, 6.07) is 14.7. The molecule has 30 heavy (non-hydrogen) atoms. The fraction of sp³-hybridized carbons (Fsp3) is 0.190. The number of fused-ring (bicyclic) bond motifs is 1. The van der Waals surface area contributed by atoms with Gasteiger partial charge < -0.3 is 14.2 Å². The van der Waals surface area contributed by atoms with Crippen molar-refractivity contribution in [1.29, 1.82) is 0 Å². The smallest absolute Gasteiger partial charge is 0.267 e. The van der Waals surface area contributed by atoms with Crippen LogP contribution in [0.4, 0.5) is 5.95 Å². The minimum absolute atomic E-state index is 0.223. The lowest BCUT2D eigenvalue weighted by atomic mass is 10.2. The third kappa shape index (κ3) is 4.06. The molecular weight excluding hydrogens is 404 g/mol. The number of nitrogens with one attached hydrogen (secondary N) is 1. The highest BCUT2D eigenvalue weighted by atomic mass is 32.1. The van der Waals surface area contributed by atoms with Gasteiger partial charge in [0.05, 0.1) is 19.9 Å². The molecule has 1 amide bonds. The molecule has 0 radical (unpaired) electrons. The summed E-state index contributed by atoms with van der Waals surface area (Å²) in [5.74, 6) is 1.92. The number of rotatable bonds is 7. The average molecular weight is 424 g/mol. The van der Waals surface area contributed by atoms with Crippen LogP contribution in [0.1, 0.15) is 6.92 Å². The fourth-order valence-electron chi connectivity index (χ4n) is 2.84. The van der Waals surface area contributed by atoms with Gasteiger partial charge in [0.25, 0.3) is 11.9 Å². The zero-order valence-electron chi connectivity index (χ0n) is 16.7. The Bertz CT molecular complexity index is 1170. The fourth-order valence-corrected chi connectivity index (χ4v) is 3.67. The molecule has 0 saturated heterocycles. The maximum absolute atomic E-state index is 12.5. The Hall–Kier alpha value is -3.59. The Morgan fingerprint density at radius 2 is 1.80 bits per heavy atom. The van der Waals surface area contributed by atoms with E-state index in [0.717, 1.165) is 17.0 Å². The highest BCUT2D eigenvalue weighted by Crippen LogP contribution is 2.28. The number of methoxy groups -OCH3 is 2. The van der Waals surface area contributed by atoms with Crippen LogP contribution in [0, 0.1) is 0 Å². The molecule has 1 unspecified atom stereocenters. The quantitative estimate of drug-likeness (QED) is 0.484. The second kappa shape index (κ2) is 8.42. The Balaban J connectivity index is 1.48. The van der Waals surface area contributed by atoms with Crippen molar-refractivity contribution < 1.29 is 19.0 Å². The van der Waals surface area contributed by atoms with Crippen molar-refractivity contribution in [2.75, 3.05) is 19.5 Å². The Labute approximate surface area is 177 Å². The van der Waals surface area contributed by atoms with E-state index in [1.54, 1.807) is 49.9 Å². The third-order valence-electron chi connectivity index (χ3n) is 4.42. The molecule has 0 aliphatic carbocycles. The molecular formula is C21H20N4O4S. The number of hydrogen-bond donors (Lipinski definition) is 1. The van der Waals surface area contributed by atoms with E-state index in [-0.39, 0.29) is 11.9 Å². The van der Waals surface area contributed by atoms with Gasteiger partial charge in [-0.2, -0.15) is 4.98 Å². The van der Waals surface area contributed by atoms with Crippen LogP contribution in [0.25, 0.3) is 16.2 Å². The molecule has 9 heteroatoms. The summed E-state index contributed by atoms with van der Waals surface area (Å²) < 4.78 is 17.8. The van der Waals surface area contributed by atoms with E-state index in [4.69, 9.17) is 14.2 Å². The summed E-state index contributed by atoms with van der Waals surface area (Å²) in [4.78, 5) is 17.6. The number of carbonyl (C=O) groups is 1. The summed E-state index contributed by atoms with van der Waals surface area (Å²) in [5, 5.41) is 9.10.